The topological polar surface area (TPSA) is 89.5 Å². The van der Waals surface area contributed by atoms with E-state index in [9.17, 15) is 15.0 Å². The van der Waals surface area contributed by atoms with Crippen molar-refractivity contribution in [1.82, 2.24) is 15.1 Å². The molecule has 3 aromatic rings. The van der Waals surface area contributed by atoms with Crippen molar-refractivity contribution in [2.75, 3.05) is 6.54 Å². The number of carbonyl (C=O) groups is 1. The minimum absolute atomic E-state index is 0.110. The van der Waals surface area contributed by atoms with Crippen LogP contribution in [-0.2, 0) is 0 Å². The fraction of sp³-hybridized carbons (Fsp3) is 0.238. The van der Waals surface area contributed by atoms with E-state index in [4.69, 9.17) is 0 Å². The van der Waals surface area contributed by atoms with Crippen molar-refractivity contribution in [1.29, 1.82) is 0 Å². The standard InChI is InChI=1S/C21H21N3O3/c1-2-3-11-24-20(13-7-6-8-14(25)12-13)17-18(22-23-19(17)21(24)27)15-9-4-5-10-16(15)26/h4-10,12,20,25-26H,2-3,11H2,1H3,(H,22,23)/t20-/m1/s1. The zero-order valence-corrected chi connectivity index (χ0v) is 15.0. The number of phenols is 2. The molecule has 1 aromatic heterocycles. The molecule has 0 unspecified atom stereocenters. The Morgan fingerprint density at radius 1 is 1.15 bits per heavy atom. The second-order valence-electron chi connectivity index (χ2n) is 6.73. The number of aromatic amines is 1. The van der Waals surface area contributed by atoms with Gasteiger partial charge in [0, 0.05) is 17.7 Å². The van der Waals surface area contributed by atoms with Crippen LogP contribution in [0.25, 0.3) is 11.3 Å². The number of aromatic hydroxyl groups is 2. The van der Waals surface area contributed by atoms with E-state index in [1.165, 1.54) is 0 Å². The van der Waals surface area contributed by atoms with E-state index in [1.807, 2.05) is 17.0 Å². The maximum Gasteiger partial charge on any atom is 0.273 e. The molecule has 0 radical (unpaired) electrons. The molecule has 27 heavy (non-hydrogen) atoms. The van der Waals surface area contributed by atoms with Crippen LogP contribution in [0.4, 0.5) is 0 Å². The summed E-state index contributed by atoms with van der Waals surface area (Å²) in [6.45, 7) is 2.69. The molecule has 6 heteroatoms. The first-order valence-electron chi connectivity index (χ1n) is 9.08. The first-order valence-corrected chi connectivity index (χ1v) is 9.08. The molecule has 0 fully saturated rings. The number of benzene rings is 2. The Balaban J connectivity index is 1.89. The lowest BCUT2D eigenvalue weighted by Crippen LogP contribution is -2.30. The van der Waals surface area contributed by atoms with Gasteiger partial charge < -0.3 is 15.1 Å². The van der Waals surface area contributed by atoms with Gasteiger partial charge in [-0.15, -0.1) is 0 Å². The molecule has 0 aliphatic carbocycles. The normalized spacial score (nSPS) is 16.0. The van der Waals surface area contributed by atoms with E-state index in [-0.39, 0.29) is 23.4 Å². The van der Waals surface area contributed by atoms with Gasteiger partial charge in [-0.3, -0.25) is 9.89 Å². The third kappa shape index (κ3) is 2.83. The lowest BCUT2D eigenvalue weighted by atomic mass is 9.95. The van der Waals surface area contributed by atoms with Gasteiger partial charge in [-0.2, -0.15) is 5.10 Å². The van der Waals surface area contributed by atoms with Crippen molar-refractivity contribution < 1.29 is 15.0 Å². The summed E-state index contributed by atoms with van der Waals surface area (Å²) in [5.74, 6) is 0.151. The van der Waals surface area contributed by atoms with Crippen molar-refractivity contribution in [3.8, 4) is 22.8 Å². The summed E-state index contributed by atoms with van der Waals surface area (Å²) >= 11 is 0. The van der Waals surface area contributed by atoms with Crippen LogP contribution in [0.15, 0.2) is 48.5 Å². The third-order valence-electron chi connectivity index (χ3n) is 4.96. The molecule has 0 saturated heterocycles. The van der Waals surface area contributed by atoms with E-state index < -0.39 is 0 Å². The third-order valence-corrected chi connectivity index (χ3v) is 4.96. The van der Waals surface area contributed by atoms with Gasteiger partial charge in [-0.25, -0.2) is 0 Å². The molecule has 1 amide bonds. The summed E-state index contributed by atoms with van der Waals surface area (Å²) < 4.78 is 0. The molecule has 3 N–H and O–H groups in total. The Hall–Kier alpha value is -3.28. The molecule has 0 saturated carbocycles. The van der Waals surface area contributed by atoms with Crippen LogP contribution in [0.2, 0.25) is 0 Å². The predicted molar refractivity (Wildman–Crippen MR) is 102 cm³/mol. The number of phenolic OH excluding ortho intramolecular Hbond substituents is 2. The van der Waals surface area contributed by atoms with Crippen LogP contribution in [0.5, 0.6) is 11.5 Å². The van der Waals surface area contributed by atoms with Gasteiger partial charge in [0.1, 0.15) is 22.9 Å². The van der Waals surface area contributed by atoms with Gasteiger partial charge in [0.25, 0.3) is 5.91 Å². The quantitative estimate of drug-likeness (QED) is 0.643. The highest BCUT2D eigenvalue weighted by Crippen LogP contribution is 2.44. The van der Waals surface area contributed by atoms with Gasteiger partial charge in [-0.1, -0.05) is 37.6 Å². The number of hydrogen-bond donors (Lipinski definition) is 3. The van der Waals surface area contributed by atoms with Crippen molar-refractivity contribution in [2.45, 2.75) is 25.8 Å². The Morgan fingerprint density at radius 2 is 1.96 bits per heavy atom. The first kappa shape index (κ1) is 17.1. The number of amides is 1. The van der Waals surface area contributed by atoms with Gasteiger partial charge in [-0.05, 0) is 36.2 Å². The van der Waals surface area contributed by atoms with Gasteiger partial charge in [0.05, 0.1) is 6.04 Å². The summed E-state index contributed by atoms with van der Waals surface area (Å²) in [5.41, 5.74) is 3.13. The van der Waals surface area contributed by atoms with Crippen LogP contribution in [-0.4, -0.2) is 37.8 Å². The summed E-state index contributed by atoms with van der Waals surface area (Å²) in [6, 6.07) is 13.5. The van der Waals surface area contributed by atoms with E-state index in [2.05, 4.69) is 17.1 Å². The summed E-state index contributed by atoms with van der Waals surface area (Å²) in [6.07, 6.45) is 1.85. The zero-order valence-electron chi connectivity index (χ0n) is 15.0. The van der Waals surface area contributed by atoms with Crippen molar-refractivity contribution in [3.63, 3.8) is 0 Å². The fourth-order valence-electron chi connectivity index (χ4n) is 3.68. The molecule has 1 aliphatic rings. The van der Waals surface area contributed by atoms with Gasteiger partial charge >= 0.3 is 0 Å². The monoisotopic (exact) mass is 363 g/mol. The molecular formula is C21H21N3O3. The summed E-state index contributed by atoms with van der Waals surface area (Å²) in [5, 5.41) is 27.5. The predicted octanol–water partition coefficient (Wildman–Crippen LogP) is 3.83. The highest BCUT2D eigenvalue weighted by Gasteiger charge is 2.42. The summed E-state index contributed by atoms with van der Waals surface area (Å²) in [4.78, 5) is 14.8. The second-order valence-corrected chi connectivity index (χ2v) is 6.73. The Bertz CT molecular complexity index is 996. The molecule has 6 nitrogen and oxygen atoms in total. The smallest absolute Gasteiger partial charge is 0.273 e. The van der Waals surface area contributed by atoms with Crippen molar-refractivity contribution in [3.05, 3.63) is 65.4 Å². The van der Waals surface area contributed by atoms with Crippen molar-refractivity contribution >= 4 is 5.91 Å². The van der Waals surface area contributed by atoms with Crippen LogP contribution >= 0.6 is 0 Å². The lowest BCUT2D eigenvalue weighted by molar-refractivity contribution is 0.0741. The molecule has 1 atom stereocenters. The van der Waals surface area contributed by atoms with Crippen LogP contribution < -0.4 is 0 Å². The van der Waals surface area contributed by atoms with Gasteiger partial charge in [0.2, 0.25) is 0 Å². The van der Waals surface area contributed by atoms with E-state index in [1.54, 1.807) is 36.4 Å². The van der Waals surface area contributed by atoms with Crippen LogP contribution in [0, 0.1) is 0 Å². The number of nitrogens with zero attached hydrogens (tertiary/aromatic N) is 2. The average Bonchev–Trinajstić information content (AvgIpc) is 3.20. The van der Waals surface area contributed by atoms with Crippen molar-refractivity contribution in [2.24, 2.45) is 0 Å². The SMILES string of the molecule is CCCCN1C(=O)c2[nH]nc(-c3ccccc3O)c2[C@H]1c1cccc(O)c1. The van der Waals surface area contributed by atoms with E-state index >= 15 is 0 Å². The molecule has 4 rings (SSSR count). The zero-order chi connectivity index (χ0) is 19.0. The number of aromatic nitrogens is 2. The number of para-hydroxylation sites is 1. The molecule has 2 aromatic carbocycles. The first-order chi connectivity index (χ1) is 13.1. The number of nitrogens with one attached hydrogen (secondary N) is 1. The fourth-order valence-corrected chi connectivity index (χ4v) is 3.68. The number of rotatable bonds is 5. The Labute approximate surface area is 157 Å². The van der Waals surface area contributed by atoms with Gasteiger partial charge in [0.15, 0.2) is 0 Å². The number of hydrogen-bond acceptors (Lipinski definition) is 4. The van der Waals surface area contributed by atoms with Crippen LogP contribution in [0.3, 0.4) is 0 Å². The van der Waals surface area contributed by atoms with E-state index in [0.29, 0.717) is 23.5 Å². The Morgan fingerprint density at radius 3 is 2.70 bits per heavy atom. The molecular weight excluding hydrogens is 342 g/mol. The molecule has 0 bridgehead atoms. The molecule has 138 valence electrons. The number of H-pyrrole nitrogens is 1. The molecule has 2 heterocycles. The Kier molecular flexibility index (Phi) is 4.32. The van der Waals surface area contributed by atoms with E-state index in [0.717, 1.165) is 24.0 Å². The molecule has 1 aliphatic heterocycles. The lowest BCUT2D eigenvalue weighted by Gasteiger charge is -2.26. The number of fused-ring (bicyclic) bond motifs is 1. The highest BCUT2D eigenvalue weighted by atomic mass is 16.3. The minimum Gasteiger partial charge on any atom is -0.508 e. The molecule has 0 spiro atoms. The highest BCUT2D eigenvalue weighted by molar-refractivity contribution is 6.00. The summed E-state index contributed by atoms with van der Waals surface area (Å²) in [7, 11) is 0. The maximum absolute atomic E-state index is 13.0. The largest absolute Gasteiger partial charge is 0.508 e. The second kappa shape index (κ2) is 6.79. The number of carbonyl (C=O) groups excluding carboxylic acids is 1. The average molecular weight is 363 g/mol. The van der Waals surface area contributed by atoms with Crippen LogP contribution in [0.1, 0.15) is 47.4 Å². The number of unbranched alkanes of at least 4 members (excludes halogenated alkanes) is 1. The minimum atomic E-state index is -0.362. The maximum atomic E-state index is 13.0.